The van der Waals surface area contributed by atoms with Crippen LogP contribution in [-0.2, 0) is 6.61 Å². The van der Waals surface area contributed by atoms with E-state index in [1.165, 1.54) is 11.7 Å². The first-order valence-electron chi connectivity index (χ1n) is 6.49. The fourth-order valence-corrected chi connectivity index (χ4v) is 2.15. The number of carbonyl (C=O) groups excluding carboxylic acids is 1. The van der Waals surface area contributed by atoms with Gasteiger partial charge in [-0.3, -0.25) is 4.79 Å². The fourth-order valence-electron chi connectivity index (χ4n) is 1.60. The first-order valence-corrected chi connectivity index (χ1v) is 7.23. The van der Waals surface area contributed by atoms with Crippen LogP contribution in [-0.4, -0.2) is 21.2 Å². The minimum Gasteiger partial charge on any atom is -0.487 e. The summed E-state index contributed by atoms with van der Waals surface area (Å²) in [5, 5.41) is 2.84. The fraction of sp³-hybridized carbons (Fsp3) is 0.357. The summed E-state index contributed by atoms with van der Waals surface area (Å²) in [5.74, 6) is 0.574. The molecule has 0 bridgehead atoms. The van der Waals surface area contributed by atoms with Crippen LogP contribution in [0, 0.1) is 6.92 Å². The monoisotopic (exact) mass is 291 g/mol. The van der Waals surface area contributed by atoms with Crippen molar-refractivity contribution < 1.29 is 9.53 Å². The predicted octanol–water partition coefficient (Wildman–Crippen LogP) is 2.57. The molecule has 0 saturated carbocycles. The lowest BCUT2D eigenvalue weighted by atomic mass is 10.2. The summed E-state index contributed by atoms with van der Waals surface area (Å²) < 4.78 is 13.9. The Balaban J connectivity index is 1.99. The molecule has 0 saturated heterocycles. The maximum atomic E-state index is 11.9. The topological polar surface area (TPSA) is 64.1 Å². The lowest BCUT2D eigenvalue weighted by Gasteiger charge is -2.07. The SMILES string of the molecule is CCCNC(=O)c1cccc(OCc2nsnc2C)c1. The molecule has 106 valence electrons. The first kappa shape index (κ1) is 14.5. The van der Waals surface area contributed by atoms with Crippen LogP contribution < -0.4 is 10.1 Å². The van der Waals surface area contributed by atoms with Gasteiger partial charge in [-0.15, -0.1) is 0 Å². The quantitative estimate of drug-likeness (QED) is 0.888. The molecule has 0 unspecified atom stereocenters. The summed E-state index contributed by atoms with van der Waals surface area (Å²) in [6.07, 6.45) is 0.915. The van der Waals surface area contributed by atoms with Crippen LogP contribution in [0.25, 0.3) is 0 Å². The Morgan fingerprint density at radius 3 is 2.95 bits per heavy atom. The normalized spacial score (nSPS) is 10.3. The molecule has 1 amide bonds. The first-order chi connectivity index (χ1) is 9.70. The van der Waals surface area contributed by atoms with E-state index in [9.17, 15) is 4.79 Å². The van der Waals surface area contributed by atoms with Gasteiger partial charge in [0.25, 0.3) is 5.91 Å². The van der Waals surface area contributed by atoms with E-state index >= 15 is 0 Å². The molecule has 20 heavy (non-hydrogen) atoms. The minimum atomic E-state index is -0.0798. The Morgan fingerprint density at radius 1 is 1.40 bits per heavy atom. The van der Waals surface area contributed by atoms with Crippen molar-refractivity contribution in [3.63, 3.8) is 0 Å². The second-order valence-corrected chi connectivity index (χ2v) is 4.90. The van der Waals surface area contributed by atoms with Crippen LogP contribution in [0.1, 0.15) is 35.1 Å². The number of nitrogens with one attached hydrogen (secondary N) is 1. The molecular formula is C14H17N3O2S. The van der Waals surface area contributed by atoms with Crippen LogP contribution in [0.15, 0.2) is 24.3 Å². The van der Waals surface area contributed by atoms with Gasteiger partial charge in [-0.05, 0) is 31.5 Å². The second kappa shape index (κ2) is 7.00. The molecule has 5 nitrogen and oxygen atoms in total. The smallest absolute Gasteiger partial charge is 0.251 e. The van der Waals surface area contributed by atoms with Gasteiger partial charge in [0.05, 0.1) is 17.4 Å². The molecule has 0 aliphatic rings. The van der Waals surface area contributed by atoms with Gasteiger partial charge in [-0.2, -0.15) is 8.75 Å². The highest BCUT2D eigenvalue weighted by atomic mass is 32.1. The van der Waals surface area contributed by atoms with Gasteiger partial charge in [-0.1, -0.05) is 13.0 Å². The molecule has 2 aromatic rings. The van der Waals surface area contributed by atoms with E-state index in [2.05, 4.69) is 14.1 Å². The molecular weight excluding hydrogens is 274 g/mol. The minimum absolute atomic E-state index is 0.0798. The van der Waals surface area contributed by atoms with Gasteiger partial charge >= 0.3 is 0 Å². The van der Waals surface area contributed by atoms with Crippen LogP contribution in [0.3, 0.4) is 0 Å². The largest absolute Gasteiger partial charge is 0.487 e. The van der Waals surface area contributed by atoms with Gasteiger partial charge in [0, 0.05) is 12.1 Å². The number of aryl methyl sites for hydroxylation is 1. The molecule has 1 aromatic carbocycles. The Kier molecular flexibility index (Phi) is 5.06. The van der Waals surface area contributed by atoms with Crippen LogP contribution in [0.4, 0.5) is 0 Å². The standard InChI is InChI=1S/C14H17N3O2S/c1-3-7-15-14(18)11-5-4-6-12(8-11)19-9-13-10(2)16-20-17-13/h4-6,8H,3,7,9H2,1-2H3,(H,15,18). The number of ether oxygens (including phenoxy) is 1. The maximum absolute atomic E-state index is 11.9. The summed E-state index contributed by atoms with van der Waals surface area (Å²) >= 11 is 1.17. The number of hydrogen-bond donors (Lipinski definition) is 1. The molecule has 1 aromatic heterocycles. The maximum Gasteiger partial charge on any atom is 0.251 e. The lowest BCUT2D eigenvalue weighted by molar-refractivity contribution is 0.0953. The summed E-state index contributed by atoms with van der Waals surface area (Å²) in [4.78, 5) is 11.9. The molecule has 1 heterocycles. The third-order valence-electron chi connectivity index (χ3n) is 2.75. The summed E-state index contributed by atoms with van der Waals surface area (Å²) in [5.41, 5.74) is 2.31. The van der Waals surface area contributed by atoms with E-state index in [4.69, 9.17) is 4.74 Å². The summed E-state index contributed by atoms with van der Waals surface area (Å²) in [7, 11) is 0. The predicted molar refractivity (Wildman–Crippen MR) is 78.0 cm³/mol. The molecule has 1 N–H and O–H groups in total. The van der Waals surface area contributed by atoms with E-state index < -0.39 is 0 Å². The van der Waals surface area contributed by atoms with Crippen LogP contribution in [0.2, 0.25) is 0 Å². The van der Waals surface area contributed by atoms with Crippen LogP contribution >= 0.6 is 11.7 Å². The highest BCUT2D eigenvalue weighted by Gasteiger charge is 2.07. The second-order valence-electron chi connectivity index (χ2n) is 4.37. The lowest BCUT2D eigenvalue weighted by Crippen LogP contribution is -2.23. The van der Waals surface area contributed by atoms with Crippen molar-refractivity contribution >= 4 is 17.6 Å². The van der Waals surface area contributed by atoms with Crippen molar-refractivity contribution in [2.75, 3.05) is 6.54 Å². The number of benzene rings is 1. The molecule has 0 spiro atoms. The van der Waals surface area contributed by atoms with E-state index in [-0.39, 0.29) is 5.91 Å². The van der Waals surface area contributed by atoms with Crippen molar-refractivity contribution in [2.45, 2.75) is 26.9 Å². The van der Waals surface area contributed by atoms with Gasteiger partial charge in [0.2, 0.25) is 0 Å². The zero-order chi connectivity index (χ0) is 14.4. The van der Waals surface area contributed by atoms with Crippen molar-refractivity contribution in [1.82, 2.24) is 14.1 Å². The van der Waals surface area contributed by atoms with Crippen molar-refractivity contribution in [3.8, 4) is 5.75 Å². The number of amides is 1. The molecule has 0 fully saturated rings. The Hall–Kier alpha value is -1.95. The van der Waals surface area contributed by atoms with Crippen molar-refractivity contribution in [2.24, 2.45) is 0 Å². The molecule has 0 aliphatic carbocycles. The zero-order valence-corrected chi connectivity index (χ0v) is 12.4. The van der Waals surface area contributed by atoms with Crippen LogP contribution in [0.5, 0.6) is 5.75 Å². The number of rotatable bonds is 6. The molecule has 0 atom stereocenters. The number of hydrogen-bond acceptors (Lipinski definition) is 5. The highest BCUT2D eigenvalue weighted by molar-refractivity contribution is 6.99. The average molecular weight is 291 g/mol. The third-order valence-corrected chi connectivity index (χ3v) is 3.41. The zero-order valence-electron chi connectivity index (χ0n) is 11.5. The van der Waals surface area contributed by atoms with Gasteiger partial charge < -0.3 is 10.1 Å². The number of nitrogens with zero attached hydrogens (tertiary/aromatic N) is 2. The van der Waals surface area contributed by atoms with E-state index in [0.717, 1.165) is 17.8 Å². The third kappa shape index (κ3) is 3.77. The molecule has 0 radical (unpaired) electrons. The average Bonchev–Trinajstić information content (AvgIpc) is 2.88. The Morgan fingerprint density at radius 2 is 2.25 bits per heavy atom. The Labute approximate surface area is 122 Å². The van der Waals surface area contributed by atoms with E-state index in [1.807, 2.05) is 26.0 Å². The van der Waals surface area contributed by atoms with Gasteiger partial charge in [0.15, 0.2) is 0 Å². The summed E-state index contributed by atoms with van der Waals surface area (Å²) in [6, 6.07) is 7.14. The number of carbonyl (C=O) groups is 1. The van der Waals surface area contributed by atoms with Crippen molar-refractivity contribution in [1.29, 1.82) is 0 Å². The number of aromatic nitrogens is 2. The van der Waals surface area contributed by atoms with E-state index in [0.29, 0.717) is 24.5 Å². The van der Waals surface area contributed by atoms with Gasteiger partial charge in [-0.25, -0.2) is 0 Å². The van der Waals surface area contributed by atoms with E-state index in [1.54, 1.807) is 12.1 Å². The molecule has 6 heteroatoms. The highest BCUT2D eigenvalue weighted by Crippen LogP contribution is 2.16. The molecule has 2 rings (SSSR count). The van der Waals surface area contributed by atoms with Gasteiger partial charge in [0.1, 0.15) is 18.1 Å². The Bertz CT molecular complexity index is 583. The molecule has 0 aliphatic heterocycles. The van der Waals surface area contributed by atoms with Crippen molar-refractivity contribution in [3.05, 3.63) is 41.2 Å². The summed E-state index contributed by atoms with van der Waals surface area (Å²) in [6.45, 7) is 4.96.